The fourth-order valence-electron chi connectivity index (χ4n) is 2.37. The van der Waals surface area contributed by atoms with Gasteiger partial charge in [-0.05, 0) is 25.3 Å². The number of oxazole rings is 1. The average molecular weight is 278 g/mol. The molecule has 0 aliphatic carbocycles. The number of hydrogen-bond acceptors (Lipinski definition) is 5. The van der Waals surface area contributed by atoms with Gasteiger partial charge in [0.1, 0.15) is 6.26 Å². The third kappa shape index (κ3) is 3.05. The Morgan fingerprint density at radius 2 is 2.37 bits per heavy atom. The molecule has 0 saturated carbocycles. The third-order valence-electron chi connectivity index (χ3n) is 3.17. The summed E-state index contributed by atoms with van der Waals surface area (Å²) < 4.78 is 11.3. The number of nitrogens with zero attached hydrogens (tertiary/aromatic N) is 2. The van der Waals surface area contributed by atoms with Crippen molar-refractivity contribution in [3.05, 3.63) is 29.5 Å². The Morgan fingerprint density at radius 3 is 3.11 bits per heavy atom. The Balaban J connectivity index is 1.67. The predicted molar refractivity (Wildman–Crippen MR) is 75.1 cm³/mol. The van der Waals surface area contributed by atoms with E-state index in [-0.39, 0.29) is 5.60 Å². The van der Waals surface area contributed by atoms with Gasteiger partial charge in [-0.25, -0.2) is 4.98 Å². The average Bonchev–Trinajstić information content (AvgIpc) is 2.96. The molecule has 1 fully saturated rings. The summed E-state index contributed by atoms with van der Waals surface area (Å²) in [5.41, 5.74) is 0.916. The standard InChI is InChI=1S/C14H18N2O2S/c1-14(2)10-16(5-6-18-14)8-11-9-17-13(15-11)12-4-3-7-19-12/h3-4,7,9H,5-6,8,10H2,1-2H3. The minimum atomic E-state index is -0.0709. The van der Waals surface area contributed by atoms with E-state index in [1.807, 2.05) is 17.5 Å². The van der Waals surface area contributed by atoms with Crippen LogP contribution in [0.15, 0.2) is 28.2 Å². The van der Waals surface area contributed by atoms with Crippen LogP contribution in [-0.2, 0) is 11.3 Å². The van der Waals surface area contributed by atoms with Gasteiger partial charge in [-0.15, -0.1) is 11.3 Å². The van der Waals surface area contributed by atoms with E-state index in [0.717, 1.165) is 42.7 Å². The van der Waals surface area contributed by atoms with Crippen LogP contribution in [0, 0.1) is 0 Å². The van der Waals surface area contributed by atoms with E-state index < -0.39 is 0 Å². The molecule has 1 aliphatic heterocycles. The minimum absolute atomic E-state index is 0.0709. The lowest BCUT2D eigenvalue weighted by Gasteiger charge is -2.37. The SMILES string of the molecule is CC1(C)CN(Cc2coc(-c3cccs3)n2)CCO1. The van der Waals surface area contributed by atoms with Gasteiger partial charge < -0.3 is 9.15 Å². The molecule has 0 N–H and O–H groups in total. The maximum Gasteiger partial charge on any atom is 0.236 e. The highest BCUT2D eigenvalue weighted by molar-refractivity contribution is 7.13. The first-order valence-corrected chi connectivity index (χ1v) is 7.35. The summed E-state index contributed by atoms with van der Waals surface area (Å²) >= 11 is 1.65. The van der Waals surface area contributed by atoms with Crippen LogP contribution in [0.2, 0.25) is 0 Å². The molecule has 2 aromatic rings. The van der Waals surface area contributed by atoms with Gasteiger partial charge in [-0.2, -0.15) is 0 Å². The monoisotopic (exact) mass is 278 g/mol. The van der Waals surface area contributed by atoms with Crippen molar-refractivity contribution in [3.63, 3.8) is 0 Å². The molecular formula is C14H18N2O2S. The van der Waals surface area contributed by atoms with Gasteiger partial charge in [-0.3, -0.25) is 4.90 Å². The molecule has 0 amide bonds. The summed E-state index contributed by atoms with van der Waals surface area (Å²) in [7, 11) is 0. The van der Waals surface area contributed by atoms with Crippen molar-refractivity contribution in [1.29, 1.82) is 0 Å². The second-order valence-corrected chi connectivity index (χ2v) is 6.39. The summed E-state index contributed by atoms with van der Waals surface area (Å²) in [4.78, 5) is 7.99. The third-order valence-corrected chi connectivity index (χ3v) is 4.03. The lowest BCUT2D eigenvalue weighted by atomic mass is 10.1. The number of aromatic nitrogens is 1. The summed E-state index contributed by atoms with van der Waals surface area (Å²) in [6.07, 6.45) is 1.76. The van der Waals surface area contributed by atoms with Crippen LogP contribution in [-0.4, -0.2) is 35.2 Å². The van der Waals surface area contributed by atoms with Crippen LogP contribution in [0.4, 0.5) is 0 Å². The van der Waals surface area contributed by atoms with Gasteiger partial charge >= 0.3 is 0 Å². The number of hydrogen-bond donors (Lipinski definition) is 0. The van der Waals surface area contributed by atoms with E-state index in [4.69, 9.17) is 9.15 Å². The summed E-state index contributed by atoms with van der Waals surface area (Å²) in [5, 5.41) is 2.03. The van der Waals surface area contributed by atoms with Gasteiger partial charge in [0.25, 0.3) is 0 Å². The molecule has 0 radical (unpaired) electrons. The Bertz CT molecular complexity index is 533. The molecule has 0 spiro atoms. The highest BCUT2D eigenvalue weighted by Crippen LogP contribution is 2.24. The van der Waals surface area contributed by atoms with Crippen molar-refractivity contribution >= 4 is 11.3 Å². The Labute approximate surface area is 117 Å². The zero-order valence-corrected chi connectivity index (χ0v) is 12.1. The van der Waals surface area contributed by atoms with Crippen molar-refractivity contribution in [3.8, 4) is 10.8 Å². The van der Waals surface area contributed by atoms with Gasteiger partial charge in [-0.1, -0.05) is 6.07 Å². The van der Waals surface area contributed by atoms with Crippen LogP contribution >= 0.6 is 11.3 Å². The zero-order chi connectivity index (χ0) is 13.3. The fourth-order valence-corrected chi connectivity index (χ4v) is 3.03. The number of ether oxygens (including phenoxy) is 1. The first-order valence-electron chi connectivity index (χ1n) is 6.47. The van der Waals surface area contributed by atoms with E-state index in [0.29, 0.717) is 0 Å². The number of rotatable bonds is 3. The molecule has 1 saturated heterocycles. The molecule has 3 heterocycles. The second kappa shape index (κ2) is 5.07. The van der Waals surface area contributed by atoms with Crippen molar-refractivity contribution < 1.29 is 9.15 Å². The van der Waals surface area contributed by atoms with Crippen LogP contribution in [0.3, 0.4) is 0 Å². The Kier molecular flexibility index (Phi) is 3.43. The van der Waals surface area contributed by atoms with Crippen molar-refractivity contribution in [1.82, 2.24) is 9.88 Å². The van der Waals surface area contributed by atoms with E-state index in [1.165, 1.54) is 0 Å². The van der Waals surface area contributed by atoms with Crippen LogP contribution in [0.5, 0.6) is 0 Å². The molecule has 2 aromatic heterocycles. The summed E-state index contributed by atoms with van der Waals surface area (Å²) in [5.74, 6) is 0.720. The molecule has 0 atom stereocenters. The maximum absolute atomic E-state index is 5.71. The molecule has 0 unspecified atom stereocenters. The van der Waals surface area contributed by atoms with E-state index in [1.54, 1.807) is 17.6 Å². The number of thiophene rings is 1. The quantitative estimate of drug-likeness (QED) is 0.865. The minimum Gasteiger partial charge on any atom is -0.444 e. The molecule has 0 aromatic carbocycles. The van der Waals surface area contributed by atoms with Gasteiger partial charge in [0.15, 0.2) is 0 Å². The maximum atomic E-state index is 5.71. The van der Waals surface area contributed by atoms with E-state index in [2.05, 4.69) is 23.7 Å². The normalized spacial score (nSPS) is 19.7. The summed E-state index contributed by atoms with van der Waals surface area (Å²) in [6.45, 7) is 7.72. The van der Waals surface area contributed by atoms with Crippen LogP contribution < -0.4 is 0 Å². The van der Waals surface area contributed by atoms with Gasteiger partial charge in [0.05, 0.1) is 22.8 Å². The smallest absolute Gasteiger partial charge is 0.236 e. The highest BCUT2D eigenvalue weighted by Gasteiger charge is 2.27. The van der Waals surface area contributed by atoms with Crippen LogP contribution in [0.25, 0.3) is 10.8 Å². The van der Waals surface area contributed by atoms with E-state index >= 15 is 0 Å². The fraction of sp³-hybridized carbons (Fsp3) is 0.500. The largest absolute Gasteiger partial charge is 0.444 e. The van der Waals surface area contributed by atoms with E-state index in [9.17, 15) is 0 Å². The van der Waals surface area contributed by atoms with Gasteiger partial charge in [0, 0.05) is 19.6 Å². The molecule has 5 heteroatoms. The molecule has 1 aliphatic rings. The van der Waals surface area contributed by atoms with Crippen molar-refractivity contribution in [2.45, 2.75) is 26.0 Å². The first kappa shape index (κ1) is 12.8. The molecule has 4 nitrogen and oxygen atoms in total. The molecule has 102 valence electrons. The van der Waals surface area contributed by atoms with Crippen molar-refractivity contribution in [2.75, 3.05) is 19.7 Å². The second-order valence-electron chi connectivity index (χ2n) is 5.44. The molecule has 3 rings (SSSR count). The molecule has 19 heavy (non-hydrogen) atoms. The topological polar surface area (TPSA) is 38.5 Å². The predicted octanol–water partition coefficient (Wildman–Crippen LogP) is 3.01. The van der Waals surface area contributed by atoms with Gasteiger partial charge in [0.2, 0.25) is 5.89 Å². The lowest BCUT2D eigenvalue weighted by molar-refractivity contribution is -0.0885. The first-order chi connectivity index (χ1) is 9.12. The molecule has 0 bridgehead atoms. The summed E-state index contributed by atoms with van der Waals surface area (Å²) in [6, 6.07) is 4.03. The Morgan fingerprint density at radius 1 is 1.47 bits per heavy atom. The van der Waals surface area contributed by atoms with Crippen molar-refractivity contribution in [2.24, 2.45) is 0 Å². The zero-order valence-electron chi connectivity index (χ0n) is 11.3. The highest BCUT2D eigenvalue weighted by atomic mass is 32.1. The number of morpholine rings is 1. The Hall–Kier alpha value is -1.17. The lowest BCUT2D eigenvalue weighted by Crippen LogP contribution is -2.47. The molecular weight excluding hydrogens is 260 g/mol. The van der Waals surface area contributed by atoms with Crippen LogP contribution in [0.1, 0.15) is 19.5 Å².